The normalized spacial score (nSPS) is 32.6. The lowest BCUT2D eigenvalue weighted by atomic mass is 9.91. The second kappa shape index (κ2) is 3.70. The molecule has 92 valence electrons. The zero-order valence-electron chi connectivity index (χ0n) is 9.35. The van der Waals surface area contributed by atoms with E-state index in [4.69, 9.17) is 0 Å². The van der Waals surface area contributed by atoms with Crippen molar-refractivity contribution >= 4 is 16.0 Å². The molecule has 5 nitrogen and oxygen atoms in total. The summed E-state index contributed by atoms with van der Waals surface area (Å²) in [5.41, 5.74) is -1.24. The number of nitrogens with zero attached hydrogens (tertiary/aromatic N) is 1. The highest BCUT2D eigenvalue weighted by molar-refractivity contribution is 7.90. The van der Waals surface area contributed by atoms with Crippen LogP contribution in [0.4, 0.5) is 0 Å². The number of hydrogen-bond donors (Lipinski definition) is 1. The van der Waals surface area contributed by atoms with Crippen LogP contribution in [0, 0.1) is 0 Å². The van der Waals surface area contributed by atoms with Crippen molar-refractivity contribution in [2.75, 3.05) is 6.54 Å². The number of carbonyl (C=O) groups is 1. The van der Waals surface area contributed by atoms with E-state index in [1.54, 1.807) is 0 Å². The van der Waals surface area contributed by atoms with Crippen molar-refractivity contribution in [1.82, 2.24) is 4.31 Å². The van der Waals surface area contributed by atoms with Crippen LogP contribution in [0.3, 0.4) is 0 Å². The molecule has 1 atom stereocenters. The third-order valence-electron chi connectivity index (χ3n) is 3.54. The molecule has 2 rings (SSSR count). The van der Waals surface area contributed by atoms with E-state index in [2.05, 4.69) is 0 Å². The van der Waals surface area contributed by atoms with Gasteiger partial charge < -0.3 is 5.11 Å². The fourth-order valence-corrected chi connectivity index (χ4v) is 4.47. The molecule has 0 aromatic carbocycles. The predicted molar refractivity (Wildman–Crippen MR) is 58.5 cm³/mol. The van der Waals surface area contributed by atoms with Crippen LogP contribution in [0.5, 0.6) is 0 Å². The zero-order chi connectivity index (χ0) is 12.0. The Morgan fingerprint density at radius 1 is 1.38 bits per heavy atom. The SMILES string of the molecule is CC1(C(=O)O)CCCCN1S(=O)(=O)C1CC1. The Labute approximate surface area is 95.5 Å². The second-order valence-electron chi connectivity index (χ2n) is 4.85. The maximum atomic E-state index is 12.1. The lowest BCUT2D eigenvalue weighted by Gasteiger charge is -2.40. The van der Waals surface area contributed by atoms with Gasteiger partial charge in [-0.3, -0.25) is 4.79 Å². The van der Waals surface area contributed by atoms with E-state index in [9.17, 15) is 18.3 Å². The molecule has 1 unspecified atom stereocenters. The standard InChI is InChI=1S/C10H17NO4S/c1-10(9(12)13)6-2-3-7-11(10)16(14,15)8-4-5-8/h8H,2-7H2,1H3,(H,12,13). The van der Waals surface area contributed by atoms with Crippen LogP contribution < -0.4 is 0 Å². The highest BCUT2D eigenvalue weighted by atomic mass is 32.2. The van der Waals surface area contributed by atoms with Crippen LogP contribution in [0.25, 0.3) is 0 Å². The third-order valence-corrected chi connectivity index (χ3v) is 6.05. The smallest absolute Gasteiger partial charge is 0.324 e. The van der Waals surface area contributed by atoms with Crippen LogP contribution >= 0.6 is 0 Å². The molecule has 6 heteroatoms. The van der Waals surface area contributed by atoms with Crippen molar-refractivity contribution in [3.8, 4) is 0 Å². The zero-order valence-corrected chi connectivity index (χ0v) is 10.2. The Bertz CT molecular complexity index is 401. The summed E-state index contributed by atoms with van der Waals surface area (Å²) in [6.07, 6.45) is 3.30. The summed E-state index contributed by atoms with van der Waals surface area (Å²) < 4.78 is 25.5. The molecule has 1 heterocycles. The third kappa shape index (κ3) is 1.73. The van der Waals surface area contributed by atoms with Crippen molar-refractivity contribution in [2.24, 2.45) is 0 Å². The number of rotatable bonds is 3. The molecule has 1 N–H and O–H groups in total. The minimum absolute atomic E-state index is 0.329. The van der Waals surface area contributed by atoms with Gasteiger partial charge in [-0.05, 0) is 39.0 Å². The number of carboxylic acid groups (broad SMARTS) is 1. The van der Waals surface area contributed by atoms with Gasteiger partial charge in [0.25, 0.3) is 0 Å². The maximum absolute atomic E-state index is 12.1. The number of carboxylic acids is 1. The van der Waals surface area contributed by atoms with Gasteiger partial charge in [0.1, 0.15) is 5.54 Å². The van der Waals surface area contributed by atoms with Crippen molar-refractivity contribution in [3.63, 3.8) is 0 Å². The highest BCUT2D eigenvalue weighted by Crippen LogP contribution is 2.38. The fourth-order valence-electron chi connectivity index (χ4n) is 2.26. The first kappa shape index (κ1) is 11.9. The van der Waals surface area contributed by atoms with Gasteiger partial charge in [-0.2, -0.15) is 4.31 Å². The molecule has 0 amide bonds. The van der Waals surface area contributed by atoms with Gasteiger partial charge in [0.2, 0.25) is 10.0 Å². The first-order chi connectivity index (χ1) is 7.39. The minimum Gasteiger partial charge on any atom is -0.480 e. The van der Waals surface area contributed by atoms with Crippen LogP contribution in [0.2, 0.25) is 0 Å². The van der Waals surface area contributed by atoms with Gasteiger partial charge >= 0.3 is 5.97 Å². The number of aliphatic carboxylic acids is 1. The van der Waals surface area contributed by atoms with E-state index in [-0.39, 0.29) is 5.25 Å². The Morgan fingerprint density at radius 2 is 2.00 bits per heavy atom. The average molecular weight is 247 g/mol. The Hall–Kier alpha value is -0.620. The largest absolute Gasteiger partial charge is 0.480 e. The van der Waals surface area contributed by atoms with E-state index in [0.717, 1.165) is 12.8 Å². The van der Waals surface area contributed by atoms with Crippen LogP contribution in [-0.4, -0.2) is 41.1 Å². The molecular weight excluding hydrogens is 230 g/mol. The summed E-state index contributed by atoms with van der Waals surface area (Å²) in [7, 11) is -3.39. The molecule has 1 saturated heterocycles. The summed E-state index contributed by atoms with van der Waals surface area (Å²) >= 11 is 0. The van der Waals surface area contributed by atoms with Crippen molar-refractivity contribution in [2.45, 2.75) is 49.8 Å². The molecule has 0 spiro atoms. The summed E-state index contributed by atoms with van der Waals surface area (Å²) in [6.45, 7) is 1.87. The molecule has 0 bridgehead atoms. The molecule has 1 aliphatic heterocycles. The van der Waals surface area contributed by atoms with Gasteiger partial charge in [-0.1, -0.05) is 0 Å². The topological polar surface area (TPSA) is 74.7 Å². The Kier molecular flexibility index (Phi) is 2.74. The van der Waals surface area contributed by atoms with Crippen molar-refractivity contribution < 1.29 is 18.3 Å². The maximum Gasteiger partial charge on any atom is 0.324 e. The molecular formula is C10H17NO4S. The van der Waals surface area contributed by atoms with E-state index >= 15 is 0 Å². The lowest BCUT2D eigenvalue weighted by Crippen LogP contribution is -2.58. The fraction of sp³-hybridized carbons (Fsp3) is 0.900. The predicted octanol–water partition coefficient (Wildman–Crippen LogP) is 0.808. The second-order valence-corrected chi connectivity index (χ2v) is 6.99. The van der Waals surface area contributed by atoms with Crippen LogP contribution in [-0.2, 0) is 14.8 Å². The van der Waals surface area contributed by atoms with E-state index < -0.39 is 21.5 Å². The summed E-state index contributed by atoms with van der Waals surface area (Å²) in [5, 5.41) is 8.90. The molecule has 0 aromatic rings. The number of piperidine rings is 1. The van der Waals surface area contributed by atoms with Crippen LogP contribution in [0.1, 0.15) is 39.0 Å². The minimum atomic E-state index is -3.39. The molecule has 2 aliphatic rings. The number of hydrogen-bond acceptors (Lipinski definition) is 3. The quantitative estimate of drug-likeness (QED) is 0.800. The summed E-state index contributed by atoms with van der Waals surface area (Å²) in [5.74, 6) is -1.03. The summed E-state index contributed by atoms with van der Waals surface area (Å²) in [6, 6.07) is 0. The first-order valence-electron chi connectivity index (χ1n) is 5.64. The molecule has 0 radical (unpaired) electrons. The van der Waals surface area contributed by atoms with E-state index in [0.29, 0.717) is 25.8 Å². The monoisotopic (exact) mass is 247 g/mol. The van der Waals surface area contributed by atoms with Gasteiger partial charge in [0, 0.05) is 6.54 Å². The van der Waals surface area contributed by atoms with Crippen LogP contribution in [0.15, 0.2) is 0 Å². The van der Waals surface area contributed by atoms with Gasteiger partial charge in [-0.15, -0.1) is 0 Å². The van der Waals surface area contributed by atoms with E-state index in [1.807, 2.05) is 0 Å². The van der Waals surface area contributed by atoms with Gasteiger partial charge in [0.05, 0.1) is 5.25 Å². The highest BCUT2D eigenvalue weighted by Gasteiger charge is 2.51. The molecule has 16 heavy (non-hydrogen) atoms. The molecule has 0 aromatic heterocycles. The first-order valence-corrected chi connectivity index (χ1v) is 7.14. The molecule has 1 aliphatic carbocycles. The van der Waals surface area contributed by atoms with Crippen molar-refractivity contribution in [3.05, 3.63) is 0 Å². The average Bonchev–Trinajstić information content (AvgIpc) is 3.01. The Balaban J connectivity index is 2.33. The van der Waals surface area contributed by atoms with E-state index in [1.165, 1.54) is 11.2 Å². The molecule has 1 saturated carbocycles. The van der Waals surface area contributed by atoms with Gasteiger partial charge in [0.15, 0.2) is 0 Å². The molecule has 2 fully saturated rings. The number of sulfonamides is 1. The van der Waals surface area contributed by atoms with Gasteiger partial charge in [-0.25, -0.2) is 8.42 Å². The lowest BCUT2D eigenvalue weighted by molar-refractivity contribution is -0.149. The summed E-state index contributed by atoms with van der Waals surface area (Å²) in [4.78, 5) is 11.3. The Morgan fingerprint density at radius 3 is 2.50 bits per heavy atom. The van der Waals surface area contributed by atoms with Crippen molar-refractivity contribution in [1.29, 1.82) is 0 Å².